The number of hydrogen-bond donors (Lipinski definition) is 0. The molecule has 0 spiro atoms. The Balaban J connectivity index is 2.16. The maximum absolute atomic E-state index is 6.05. The Bertz CT molecular complexity index is 599. The number of ether oxygens (including phenoxy) is 1. The predicted octanol–water partition coefficient (Wildman–Crippen LogP) is 4.48. The maximum Gasteiger partial charge on any atom is 0.130 e. The molecule has 0 aliphatic rings. The molecule has 1 heterocycles. The summed E-state index contributed by atoms with van der Waals surface area (Å²) in [5.41, 5.74) is 4.76. The van der Waals surface area contributed by atoms with Crippen molar-refractivity contribution < 1.29 is 4.74 Å². The lowest BCUT2D eigenvalue weighted by atomic mass is 10.0. The lowest BCUT2D eigenvalue weighted by Crippen LogP contribution is -2.07. The minimum atomic E-state index is 0.515. The summed E-state index contributed by atoms with van der Waals surface area (Å²) in [5.74, 6) is 1.49. The van der Waals surface area contributed by atoms with E-state index in [0.29, 0.717) is 12.5 Å². The average molecular weight is 286 g/mol. The highest BCUT2D eigenvalue weighted by molar-refractivity contribution is 5.37. The Morgan fingerprint density at radius 2 is 1.95 bits per heavy atom. The van der Waals surface area contributed by atoms with Crippen LogP contribution >= 0.6 is 0 Å². The van der Waals surface area contributed by atoms with E-state index in [4.69, 9.17) is 4.74 Å². The topological polar surface area (TPSA) is 27.1 Å². The van der Waals surface area contributed by atoms with Crippen LogP contribution in [-0.2, 0) is 19.6 Å². The van der Waals surface area contributed by atoms with Crippen LogP contribution in [0, 0.1) is 6.92 Å². The fraction of sp³-hybridized carbons (Fsp3) is 0.500. The molecule has 0 amide bonds. The van der Waals surface area contributed by atoms with Crippen molar-refractivity contribution in [1.82, 2.24) is 9.78 Å². The SMILES string of the molecule is CCc1cc(COc2cc(C(C)C)ccc2C)n(CC)n1. The van der Waals surface area contributed by atoms with Gasteiger partial charge in [-0.3, -0.25) is 4.68 Å². The van der Waals surface area contributed by atoms with Crippen LogP contribution in [0.4, 0.5) is 0 Å². The number of nitrogens with zero attached hydrogens (tertiary/aromatic N) is 2. The third kappa shape index (κ3) is 3.66. The molecule has 2 rings (SSSR count). The van der Waals surface area contributed by atoms with Crippen molar-refractivity contribution in [2.24, 2.45) is 0 Å². The number of aryl methyl sites for hydroxylation is 3. The molecule has 0 atom stereocenters. The second-order valence-electron chi connectivity index (χ2n) is 5.76. The minimum Gasteiger partial charge on any atom is -0.487 e. The molecule has 0 aliphatic heterocycles. The summed E-state index contributed by atoms with van der Waals surface area (Å²) in [6.45, 7) is 12.2. The van der Waals surface area contributed by atoms with Crippen LogP contribution in [0.1, 0.15) is 56.1 Å². The van der Waals surface area contributed by atoms with Crippen LogP contribution in [0.5, 0.6) is 5.75 Å². The van der Waals surface area contributed by atoms with Gasteiger partial charge in [-0.15, -0.1) is 0 Å². The Morgan fingerprint density at radius 1 is 1.19 bits per heavy atom. The molecule has 2 aromatic rings. The monoisotopic (exact) mass is 286 g/mol. The lowest BCUT2D eigenvalue weighted by molar-refractivity contribution is 0.290. The van der Waals surface area contributed by atoms with E-state index in [1.165, 1.54) is 11.1 Å². The standard InChI is InChI=1S/C18H26N2O/c1-6-16-11-17(20(7-2)19-16)12-21-18-10-15(13(3)4)9-8-14(18)5/h8-11,13H,6-7,12H2,1-5H3. The number of benzene rings is 1. The first kappa shape index (κ1) is 15.6. The molecule has 3 nitrogen and oxygen atoms in total. The van der Waals surface area contributed by atoms with E-state index in [1.54, 1.807) is 0 Å². The second kappa shape index (κ2) is 6.79. The zero-order valence-corrected chi connectivity index (χ0v) is 13.8. The molecule has 114 valence electrons. The van der Waals surface area contributed by atoms with E-state index < -0.39 is 0 Å². The van der Waals surface area contributed by atoms with Crippen molar-refractivity contribution in [2.45, 2.75) is 60.1 Å². The smallest absolute Gasteiger partial charge is 0.130 e. The quantitative estimate of drug-likeness (QED) is 0.783. The zero-order chi connectivity index (χ0) is 15.4. The van der Waals surface area contributed by atoms with E-state index in [0.717, 1.165) is 30.1 Å². The minimum absolute atomic E-state index is 0.515. The molecule has 0 bridgehead atoms. The molecule has 0 unspecified atom stereocenters. The van der Waals surface area contributed by atoms with Crippen LogP contribution < -0.4 is 4.74 Å². The predicted molar refractivity (Wildman–Crippen MR) is 86.9 cm³/mol. The van der Waals surface area contributed by atoms with Gasteiger partial charge in [0.05, 0.1) is 11.4 Å². The molecule has 21 heavy (non-hydrogen) atoms. The highest BCUT2D eigenvalue weighted by Gasteiger charge is 2.09. The summed E-state index contributed by atoms with van der Waals surface area (Å²) >= 11 is 0. The first-order chi connectivity index (χ1) is 10.0. The zero-order valence-electron chi connectivity index (χ0n) is 13.8. The molecule has 0 aliphatic carbocycles. The first-order valence-electron chi connectivity index (χ1n) is 7.84. The highest BCUT2D eigenvalue weighted by atomic mass is 16.5. The van der Waals surface area contributed by atoms with Gasteiger partial charge in [0.25, 0.3) is 0 Å². The van der Waals surface area contributed by atoms with Gasteiger partial charge >= 0.3 is 0 Å². The van der Waals surface area contributed by atoms with Gasteiger partial charge in [-0.2, -0.15) is 5.10 Å². The molecule has 1 aromatic carbocycles. The summed E-state index contributed by atoms with van der Waals surface area (Å²) in [6.07, 6.45) is 0.960. The second-order valence-corrected chi connectivity index (χ2v) is 5.76. The van der Waals surface area contributed by atoms with E-state index in [1.807, 2.05) is 4.68 Å². The Hall–Kier alpha value is -1.77. The van der Waals surface area contributed by atoms with Crippen molar-refractivity contribution >= 4 is 0 Å². The highest BCUT2D eigenvalue weighted by Crippen LogP contribution is 2.25. The van der Waals surface area contributed by atoms with E-state index in [9.17, 15) is 0 Å². The van der Waals surface area contributed by atoms with E-state index in [-0.39, 0.29) is 0 Å². The van der Waals surface area contributed by atoms with Crippen molar-refractivity contribution in [3.05, 3.63) is 46.8 Å². The first-order valence-corrected chi connectivity index (χ1v) is 7.84. The summed E-state index contributed by atoms with van der Waals surface area (Å²) in [5, 5.41) is 4.56. The fourth-order valence-corrected chi connectivity index (χ4v) is 2.36. The third-order valence-electron chi connectivity index (χ3n) is 3.83. The number of rotatable bonds is 6. The van der Waals surface area contributed by atoms with Crippen molar-refractivity contribution in [2.75, 3.05) is 0 Å². The fourth-order valence-electron chi connectivity index (χ4n) is 2.36. The van der Waals surface area contributed by atoms with Crippen LogP contribution in [0.3, 0.4) is 0 Å². The van der Waals surface area contributed by atoms with Gasteiger partial charge < -0.3 is 4.74 Å². The van der Waals surface area contributed by atoms with Crippen molar-refractivity contribution in [3.63, 3.8) is 0 Å². The van der Waals surface area contributed by atoms with Crippen LogP contribution in [0.2, 0.25) is 0 Å². The van der Waals surface area contributed by atoms with E-state index >= 15 is 0 Å². The Labute approximate surface area is 127 Å². The van der Waals surface area contributed by atoms with Crippen molar-refractivity contribution in [1.29, 1.82) is 0 Å². The molecule has 0 N–H and O–H groups in total. The van der Waals surface area contributed by atoms with Gasteiger partial charge in [0, 0.05) is 6.54 Å². The summed E-state index contributed by atoms with van der Waals surface area (Å²) in [6, 6.07) is 8.62. The average Bonchev–Trinajstić information content (AvgIpc) is 2.88. The third-order valence-corrected chi connectivity index (χ3v) is 3.83. The van der Waals surface area contributed by atoms with Gasteiger partial charge in [-0.1, -0.05) is 32.9 Å². The summed E-state index contributed by atoms with van der Waals surface area (Å²) in [7, 11) is 0. The molecule has 0 radical (unpaired) electrons. The van der Waals surface area contributed by atoms with E-state index in [2.05, 4.69) is 64.0 Å². The van der Waals surface area contributed by atoms with Gasteiger partial charge in [0.2, 0.25) is 0 Å². The number of hydrogen-bond acceptors (Lipinski definition) is 2. The summed E-state index contributed by atoms with van der Waals surface area (Å²) < 4.78 is 8.08. The van der Waals surface area contributed by atoms with Crippen LogP contribution in [0.25, 0.3) is 0 Å². The molecule has 0 fully saturated rings. The van der Waals surface area contributed by atoms with Gasteiger partial charge in [0.1, 0.15) is 12.4 Å². The molecular weight excluding hydrogens is 260 g/mol. The lowest BCUT2D eigenvalue weighted by Gasteiger charge is -2.13. The van der Waals surface area contributed by atoms with Crippen LogP contribution in [-0.4, -0.2) is 9.78 Å². The largest absolute Gasteiger partial charge is 0.487 e. The number of aromatic nitrogens is 2. The van der Waals surface area contributed by atoms with Crippen LogP contribution in [0.15, 0.2) is 24.3 Å². The molecule has 1 aromatic heterocycles. The normalized spacial score (nSPS) is 11.1. The molecule has 0 saturated heterocycles. The molecular formula is C18H26N2O. The van der Waals surface area contributed by atoms with Gasteiger partial charge in [0.15, 0.2) is 0 Å². The summed E-state index contributed by atoms with van der Waals surface area (Å²) in [4.78, 5) is 0. The Morgan fingerprint density at radius 3 is 2.57 bits per heavy atom. The molecule has 3 heteroatoms. The van der Waals surface area contributed by atoms with Crippen molar-refractivity contribution in [3.8, 4) is 5.75 Å². The van der Waals surface area contributed by atoms with Gasteiger partial charge in [-0.25, -0.2) is 0 Å². The van der Waals surface area contributed by atoms with Gasteiger partial charge in [-0.05, 0) is 49.4 Å². The molecule has 0 saturated carbocycles. The Kier molecular flexibility index (Phi) is 5.05. The maximum atomic E-state index is 6.05.